The highest BCUT2D eigenvalue weighted by molar-refractivity contribution is 5.79. The lowest BCUT2D eigenvalue weighted by molar-refractivity contribution is -0.128. The minimum atomic E-state index is -0.101. The van der Waals surface area contributed by atoms with Gasteiger partial charge in [0.25, 0.3) is 0 Å². The van der Waals surface area contributed by atoms with Crippen molar-refractivity contribution in [2.75, 3.05) is 19.7 Å². The van der Waals surface area contributed by atoms with E-state index in [1.807, 2.05) is 25.7 Å². The molecule has 0 aromatic heterocycles. The van der Waals surface area contributed by atoms with Gasteiger partial charge < -0.3 is 9.64 Å². The lowest BCUT2D eigenvalue weighted by Gasteiger charge is -2.21. The van der Waals surface area contributed by atoms with Crippen LogP contribution in [-0.4, -0.2) is 36.1 Å². The third kappa shape index (κ3) is 4.24. The van der Waals surface area contributed by atoms with Gasteiger partial charge in [0.1, 0.15) is 0 Å². The summed E-state index contributed by atoms with van der Waals surface area (Å²) in [6, 6.07) is 0. The first kappa shape index (κ1) is 13.1. The highest BCUT2D eigenvalue weighted by Gasteiger charge is 2.27. The molecular weight excluding hydrogens is 202 g/mol. The molecular formula is C13H21NO2. The van der Waals surface area contributed by atoms with Crippen molar-refractivity contribution in [3.63, 3.8) is 0 Å². The topological polar surface area (TPSA) is 29.5 Å². The van der Waals surface area contributed by atoms with E-state index in [1.54, 1.807) is 0 Å². The van der Waals surface area contributed by atoms with Gasteiger partial charge in [0.15, 0.2) is 0 Å². The first-order valence-electron chi connectivity index (χ1n) is 5.80. The van der Waals surface area contributed by atoms with E-state index in [4.69, 9.17) is 11.2 Å². The summed E-state index contributed by atoms with van der Waals surface area (Å²) in [6.45, 7) is 8.25. The Kier molecular flexibility index (Phi) is 4.37. The van der Waals surface area contributed by atoms with Crippen LogP contribution < -0.4 is 0 Å². The number of hydrogen-bond donors (Lipinski definition) is 0. The second kappa shape index (κ2) is 5.36. The number of carbonyl (C=O) groups is 1. The van der Waals surface area contributed by atoms with Crippen molar-refractivity contribution < 1.29 is 9.53 Å². The van der Waals surface area contributed by atoms with Crippen molar-refractivity contribution >= 4 is 5.91 Å². The summed E-state index contributed by atoms with van der Waals surface area (Å²) in [5.74, 6) is 2.93. The lowest BCUT2D eigenvalue weighted by atomic mass is 10.1. The highest BCUT2D eigenvalue weighted by Crippen LogP contribution is 2.17. The average Bonchev–Trinajstić information content (AvgIpc) is 2.53. The quantitative estimate of drug-likeness (QED) is 0.536. The Morgan fingerprint density at radius 3 is 2.75 bits per heavy atom. The molecule has 0 saturated carbocycles. The minimum Gasteiger partial charge on any atom is -0.376 e. The molecule has 1 amide bonds. The number of amides is 1. The Morgan fingerprint density at radius 2 is 2.25 bits per heavy atom. The van der Waals surface area contributed by atoms with Crippen LogP contribution in [0.3, 0.4) is 0 Å². The maximum Gasteiger partial charge on any atom is 0.223 e. The molecule has 0 aromatic carbocycles. The van der Waals surface area contributed by atoms with Gasteiger partial charge in [-0.25, -0.2) is 0 Å². The Labute approximate surface area is 98.1 Å². The summed E-state index contributed by atoms with van der Waals surface area (Å²) in [4.78, 5) is 13.4. The second-order valence-corrected chi connectivity index (χ2v) is 5.22. The van der Waals surface area contributed by atoms with E-state index in [2.05, 4.69) is 5.92 Å². The summed E-state index contributed by atoms with van der Waals surface area (Å²) in [6.07, 6.45) is 6.70. The van der Waals surface area contributed by atoms with Crippen LogP contribution in [0.5, 0.6) is 0 Å². The summed E-state index contributed by atoms with van der Waals surface area (Å²) < 4.78 is 5.60. The van der Waals surface area contributed by atoms with Crippen LogP contribution in [0.1, 0.15) is 33.6 Å². The molecule has 1 atom stereocenters. The second-order valence-electron chi connectivity index (χ2n) is 5.22. The van der Waals surface area contributed by atoms with Crippen molar-refractivity contribution in [2.45, 2.75) is 39.2 Å². The van der Waals surface area contributed by atoms with Crippen molar-refractivity contribution in [3.05, 3.63) is 0 Å². The minimum absolute atomic E-state index is 0.101. The molecule has 1 heterocycles. The van der Waals surface area contributed by atoms with E-state index in [1.165, 1.54) is 0 Å². The average molecular weight is 223 g/mol. The first-order valence-corrected chi connectivity index (χ1v) is 5.80. The van der Waals surface area contributed by atoms with E-state index >= 15 is 0 Å². The van der Waals surface area contributed by atoms with Crippen LogP contribution in [0.15, 0.2) is 0 Å². The van der Waals surface area contributed by atoms with Crippen molar-refractivity contribution in [1.82, 2.24) is 4.90 Å². The molecule has 1 unspecified atom stereocenters. The Morgan fingerprint density at radius 1 is 1.56 bits per heavy atom. The van der Waals surface area contributed by atoms with Gasteiger partial charge in [-0.3, -0.25) is 4.79 Å². The van der Waals surface area contributed by atoms with Crippen LogP contribution in [-0.2, 0) is 9.53 Å². The van der Waals surface area contributed by atoms with Gasteiger partial charge in [-0.05, 0) is 27.2 Å². The Hall–Kier alpha value is -1.01. The van der Waals surface area contributed by atoms with E-state index in [0.29, 0.717) is 19.6 Å². The van der Waals surface area contributed by atoms with Crippen LogP contribution in [0.25, 0.3) is 0 Å². The fourth-order valence-electron chi connectivity index (χ4n) is 1.73. The van der Waals surface area contributed by atoms with Crippen LogP contribution in [0, 0.1) is 18.3 Å². The van der Waals surface area contributed by atoms with Gasteiger partial charge in [-0.2, -0.15) is 0 Å². The number of ether oxygens (including phenoxy) is 1. The van der Waals surface area contributed by atoms with Crippen LogP contribution in [0.2, 0.25) is 0 Å². The zero-order chi connectivity index (χ0) is 12.2. The molecule has 3 heteroatoms. The molecule has 1 aliphatic rings. The molecule has 0 aliphatic carbocycles. The highest BCUT2D eigenvalue weighted by atomic mass is 16.5. The predicted octanol–water partition coefficient (Wildman–Crippen LogP) is 1.67. The summed E-state index contributed by atoms with van der Waals surface area (Å²) >= 11 is 0. The molecule has 0 N–H and O–H groups in total. The Bertz CT molecular complexity index is 285. The van der Waals surface area contributed by atoms with Gasteiger partial charge in [0.05, 0.1) is 5.60 Å². The SMILES string of the molecule is C#CC1CC(=O)N(CCCOC(C)(C)C)C1. The molecule has 0 bridgehead atoms. The number of likely N-dealkylation sites (tertiary alicyclic amines) is 1. The van der Waals surface area contributed by atoms with E-state index < -0.39 is 0 Å². The van der Waals surface area contributed by atoms with Crippen molar-refractivity contribution in [2.24, 2.45) is 5.92 Å². The van der Waals surface area contributed by atoms with Gasteiger partial charge in [-0.15, -0.1) is 12.3 Å². The molecule has 16 heavy (non-hydrogen) atoms. The molecule has 1 saturated heterocycles. The molecule has 0 radical (unpaired) electrons. The zero-order valence-electron chi connectivity index (χ0n) is 10.5. The van der Waals surface area contributed by atoms with E-state index in [9.17, 15) is 4.79 Å². The van der Waals surface area contributed by atoms with Gasteiger partial charge in [0.2, 0.25) is 5.91 Å². The lowest BCUT2D eigenvalue weighted by Crippen LogP contribution is -2.28. The molecule has 90 valence electrons. The smallest absolute Gasteiger partial charge is 0.223 e. The molecule has 1 rings (SSSR count). The molecule has 0 spiro atoms. The molecule has 0 aromatic rings. The largest absolute Gasteiger partial charge is 0.376 e. The van der Waals surface area contributed by atoms with Crippen molar-refractivity contribution in [3.8, 4) is 12.3 Å². The summed E-state index contributed by atoms with van der Waals surface area (Å²) in [5.41, 5.74) is -0.101. The third-order valence-electron chi connectivity index (χ3n) is 2.56. The predicted molar refractivity (Wildman–Crippen MR) is 63.8 cm³/mol. The number of hydrogen-bond acceptors (Lipinski definition) is 2. The molecule has 1 aliphatic heterocycles. The fraction of sp³-hybridized carbons (Fsp3) is 0.769. The fourth-order valence-corrected chi connectivity index (χ4v) is 1.73. The first-order chi connectivity index (χ1) is 7.42. The van der Waals surface area contributed by atoms with Gasteiger partial charge >= 0.3 is 0 Å². The number of nitrogens with zero attached hydrogens (tertiary/aromatic N) is 1. The van der Waals surface area contributed by atoms with Gasteiger partial charge in [-0.1, -0.05) is 0 Å². The van der Waals surface area contributed by atoms with Crippen LogP contribution >= 0.6 is 0 Å². The van der Waals surface area contributed by atoms with E-state index in [-0.39, 0.29) is 17.4 Å². The van der Waals surface area contributed by atoms with Crippen LogP contribution in [0.4, 0.5) is 0 Å². The maximum absolute atomic E-state index is 11.5. The van der Waals surface area contributed by atoms with Crippen molar-refractivity contribution in [1.29, 1.82) is 0 Å². The van der Waals surface area contributed by atoms with Gasteiger partial charge in [0, 0.05) is 32.0 Å². The normalized spacial score (nSPS) is 21.2. The molecule has 3 nitrogen and oxygen atoms in total. The number of terminal acetylenes is 1. The summed E-state index contributed by atoms with van der Waals surface area (Å²) in [7, 11) is 0. The summed E-state index contributed by atoms with van der Waals surface area (Å²) in [5, 5.41) is 0. The Balaban J connectivity index is 2.19. The maximum atomic E-state index is 11.5. The number of rotatable bonds is 4. The third-order valence-corrected chi connectivity index (χ3v) is 2.56. The number of carbonyl (C=O) groups excluding carboxylic acids is 1. The standard InChI is InChI=1S/C13H21NO2/c1-5-11-9-12(15)14(10-11)7-6-8-16-13(2,3)4/h1,11H,6-10H2,2-4H3. The molecule has 1 fully saturated rings. The zero-order valence-corrected chi connectivity index (χ0v) is 10.5. The van der Waals surface area contributed by atoms with E-state index in [0.717, 1.165) is 13.0 Å². The monoisotopic (exact) mass is 223 g/mol.